The third-order valence-corrected chi connectivity index (χ3v) is 18.3. The molecule has 630 valence electrons. The number of hydrogen-bond donors (Lipinski definition) is 3. The molecule has 5 atom stereocenters. The van der Waals surface area contributed by atoms with Crippen LogP contribution in [0.2, 0.25) is 0 Å². The van der Waals surface area contributed by atoms with Crippen LogP contribution in [-0.4, -0.2) is 96.7 Å². The molecule has 0 rings (SSSR count). The predicted octanol–water partition coefficient (Wildman–Crippen LogP) is 25.2. The quantitative estimate of drug-likeness (QED) is 0.0169. The Labute approximate surface area is 677 Å². The molecule has 0 aromatic rings. The Balaban J connectivity index is 5.58. The number of allylic oxidation sites excluding steroid dienone is 36. The average molecular weight is 1600 g/mol. The number of carbonyl (C=O) groups is 4. The van der Waals surface area contributed by atoms with E-state index in [0.29, 0.717) is 38.5 Å². The number of aliphatic hydroxyl groups is 1. The molecule has 112 heavy (non-hydrogen) atoms. The summed E-state index contributed by atoms with van der Waals surface area (Å²) in [5, 5.41) is 10.7. The predicted molar refractivity (Wildman–Crippen MR) is 463 cm³/mol. The van der Waals surface area contributed by atoms with Crippen LogP contribution < -0.4 is 0 Å². The van der Waals surface area contributed by atoms with Crippen LogP contribution in [0, 0.1) is 0 Å². The van der Waals surface area contributed by atoms with Crippen molar-refractivity contribution >= 4 is 39.5 Å². The lowest BCUT2D eigenvalue weighted by Crippen LogP contribution is -2.30. The number of phosphoric acid groups is 2. The molecular formula is C93H146O17P2. The van der Waals surface area contributed by atoms with E-state index >= 15 is 0 Å². The second-order valence-corrected chi connectivity index (χ2v) is 29.8. The van der Waals surface area contributed by atoms with Gasteiger partial charge in [-0.3, -0.25) is 37.3 Å². The van der Waals surface area contributed by atoms with Crippen LogP contribution in [0.4, 0.5) is 0 Å². The summed E-state index contributed by atoms with van der Waals surface area (Å²) in [5.74, 6) is -2.44. The Morgan fingerprint density at radius 2 is 0.482 bits per heavy atom. The molecule has 2 unspecified atom stereocenters. The normalized spacial score (nSPS) is 14.9. The molecule has 0 amide bonds. The Hall–Kier alpha value is -6.62. The van der Waals surface area contributed by atoms with Gasteiger partial charge in [0.05, 0.1) is 26.4 Å². The minimum absolute atomic E-state index is 0.0251. The molecule has 0 aliphatic rings. The van der Waals surface area contributed by atoms with Gasteiger partial charge in [0.15, 0.2) is 12.2 Å². The van der Waals surface area contributed by atoms with Gasteiger partial charge in [-0.05, 0) is 173 Å². The fourth-order valence-electron chi connectivity index (χ4n) is 10.2. The molecule has 0 radical (unpaired) electrons. The fraction of sp³-hybridized carbons (Fsp3) is 0.570. The van der Waals surface area contributed by atoms with Gasteiger partial charge in [0, 0.05) is 25.7 Å². The summed E-state index contributed by atoms with van der Waals surface area (Å²) in [4.78, 5) is 73.2. The first-order valence-corrected chi connectivity index (χ1v) is 45.0. The molecule has 0 heterocycles. The van der Waals surface area contributed by atoms with Crippen molar-refractivity contribution in [1.29, 1.82) is 0 Å². The van der Waals surface area contributed by atoms with E-state index in [1.807, 2.05) is 36.5 Å². The molecule has 0 aliphatic heterocycles. The summed E-state index contributed by atoms with van der Waals surface area (Å²) in [6.07, 6.45) is 105. The standard InChI is InChI=1S/C93H146O17P2/c1-5-9-13-17-21-25-29-33-37-40-43-46-50-53-57-61-65-69-73-77-90(95)103-83-88(109-92(97)79-75-71-67-63-59-55-49-36-32-28-24-20-16-12-8-4)85-107-111(99,100)105-81-87(94)82-106-112(101,102)108-86-89(110-93(98)80-76-72-68-64-60-56-52-48-45-42-39-35-31-27-23-19-15-11-7-3)84-104-91(96)78-74-70-66-62-58-54-51-47-44-41-38-34-30-26-22-18-14-10-6-2/h9-11,13-15,21-23,25-28,32-35,37-39,43-48,53-54,56-58,60,65,68-69,72,87-89,94H,5-8,12,16-20,24,29-31,36,40-42,49-52,55,59,61-64,66-67,70-71,73-86H2,1-4H3,(H,99,100)(H,101,102)/b13-9-,14-10-,15-11-,25-21-,26-22-,27-23-,32-28-,37-33-,38-34-,39-35-,46-43-,47-44-,48-45-,57-53-,58-54-,60-56-,69-65-,72-68-/t87-,88-,89-/m1/s1. The minimum Gasteiger partial charge on any atom is -0.462 e. The van der Waals surface area contributed by atoms with Gasteiger partial charge in [0.2, 0.25) is 0 Å². The molecule has 19 heteroatoms. The average Bonchev–Trinajstić information content (AvgIpc) is 0.898. The zero-order chi connectivity index (χ0) is 81.7. The third kappa shape index (κ3) is 81.4. The van der Waals surface area contributed by atoms with Gasteiger partial charge in [-0.25, -0.2) is 9.13 Å². The van der Waals surface area contributed by atoms with Gasteiger partial charge in [-0.1, -0.05) is 304 Å². The Kier molecular flexibility index (Phi) is 77.5. The number of hydrogen-bond acceptors (Lipinski definition) is 15. The van der Waals surface area contributed by atoms with Crippen LogP contribution in [0.1, 0.15) is 285 Å². The summed E-state index contributed by atoms with van der Waals surface area (Å²) in [5.41, 5.74) is 0. The van der Waals surface area contributed by atoms with Gasteiger partial charge in [0.1, 0.15) is 19.3 Å². The smallest absolute Gasteiger partial charge is 0.462 e. The van der Waals surface area contributed by atoms with Crippen LogP contribution in [0.5, 0.6) is 0 Å². The summed E-state index contributed by atoms with van der Waals surface area (Å²) < 4.78 is 68.6. The van der Waals surface area contributed by atoms with Crippen molar-refractivity contribution in [1.82, 2.24) is 0 Å². The molecule has 0 spiro atoms. The summed E-state index contributed by atoms with van der Waals surface area (Å²) in [7, 11) is -10.0. The van der Waals surface area contributed by atoms with Gasteiger partial charge < -0.3 is 33.8 Å². The maximum Gasteiger partial charge on any atom is 0.472 e. The number of carbonyl (C=O) groups excluding carboxylic acids is 4. The van der Waals surface area contributed by atoms with Gasteiger partial charge >= 0.3 is 39.5 Å². The van der Waals surface area contributed by atoms with Crippen LogP contribution in [0.3, 0.4) is 0 Å². The highest BCUT2D eigenvalue weighted by atomic mass is 31.2. The number of rotatable bonds is 76. The molecule has 17 nitrogen and oxygen atoms in total. The molecular weight excluding hydrogens is 1450 g/mol. The molecule has 3 N–H and O–H groups in total. The highest BCUT2D eigenvalue weighted by Gasteiger charge is 2.30. The topological polar surface area (TPSA) is 237 Å². The summed E-state index contributed by atoms with van der Waals surface area (Å²) >= 11 is 0. The number of ether oxygens (including phenoxy) is 4. The van der Waals surface area contributed by atoms with Crippen molar-refractivity contribution in [3.63, 3.8) is 0 Å². The van der Waals surface area contributed by atoms with Crippen LogP contribution in [0.25, 0.3) is 0 Å². The molecule has 0 fully saturated rings. The number of aliphatic hydroxyl groups excluding tert-OH is 1. The van der Waals surface area contributed by atoms with Crippen LogP contribution >= 0.6 is 15.6 Å². The lowest BCUT2D eigenvalue weighted by Gasteiger charge is -2.21. The monoisotopic (exact) mass is 1600 g/mol. The van der Waals surface area contributed by atoms with Crippen molar-refractivity contribution in [2.24, 2.45) is 0 Å². The fourth-order valence-corrected chi connectivity index (χ4v) is 11.8. The van der Waals surface area contributed by atoms with E-state index in [1.54, 1.807) is 0 Å². The summed E-state index contributed by atoms with van der Waals surface area (Å²) in [6.45, 7) is 4.28. The van der Waals surface area contributed by atoms with Crippen molar-refractivity contribution < 1.29 is 80.2 Å². The largest absolute Gasteiger partial charge is 0.472 e. The van der Waals surface area contributed by atoms with Crippen molar-refractivity contribution in [2.45, 2.75) is 303 Å². The van der Waals surface area contributed by atoms with Crippen molar-refractivity contribution in [3.05, 3.63) is 219 Å². The van der Waals surface area contributed by atoms with E-state index < -0.39 is 97.5 Å². The van der Waals surface area contributed by atoms with Crippen LogP contribution in [0.15, 0.2) is 219 Å². The van der Waals surface area contributed by atoms with E-state index in [4.69, 9.17) is 37.0 Å². The number of phosphoric ester groups is 2. The molecule has 0 saturated carbocycles. The van der Waals surface area contributed by atoms with E-state index in [9.17, 15) is 43.2 Å². The Bertz CT molecular complexity index is 2990. The lowest BCUT2D eigenvalue weighted by molar-refractivity contribution is -0.161. The van der Waals surface area contributed by atoms with Gasteiger partial charge in [-0.15, -0.1) is 0 Å². The Morgan fingerprint density at radius 1 is 0.259 bits per heavy atom. The maximum absolute atomic E-state index is 13.1. The van der Waals surface area contributed by atoms with Crippen molar-refractivity contribution in [2.75, 3.05) is 39.6 Å². The van der Waals surface area contributed by atoms with Gasteiger partial charge in [0.25, 0.3) is 0 Å². The number of unbranched alkanes of at least 4 members (excludes halogenated alkanes) is 14. The van der Waals surface area contributed by atoms with E-state index in [0.717, 1.165) is 167 Å². The summed E-state index contributed by atoms with van der Waals surface area (Å²) in [6, 6.07) is 0. The third-order valence-electron chi connectivity index (χ3n) is 16.4. The van der Waals surface area contributed by atoms with Crippen LogP contribution in [-0.2, 0) is 65.4 Å². The second-order valence-electron chi connectivity index (χ2n) is 26.9. The second kappa shape index (κ2) is 82.4. The first-order chi connectivity index (χ1) is 54.7. The lowest BCUT2D eigenvalue weighted by atomic mass is 10.1. The molecule has 0 bridgehead atoms. The molecule has 0 aromatic carbocycles. The molecule has 0 aromatic heterocycles. The maximum atomic E-state index is 13.1. The first-order valence-electron chi connectivity index (χ1n) is 42.0. The highest BCUT2D eigenvalue weighted by molar-refractivity contribution is 7.47. The van der Waals surface area contributed by atoms with E-state index in [-0.39, 0.29) is 25.7 Å². The zero-order valence-electron chi connectivity index (χ0n) is 69.0. The SMILES string of the molecule is CC/C=C\C/C=C\C/C=C\C/C=C\C/C=C\C/C=C\CCC(=O)OC[C@H](COP(=O)(O)OC[C@@H](O)COP(=O)(O)OC[C@@H](COC(=O)CCCCC/C=C\C/C=C\C/C=C\C/C=C\C/C=C\CC)OC(=O)CC/C=C\C/C=C\C/C=C\C/C=C\C/C=C\C/C=C\CC)OC(=O)CCCCCCCCC/C=C\CCCCCC. The van der Waals surface area contributed by atoms with Crippen molar-refractivity contribution in [3.8, 4) is 0 Å². The van der Waals surface area contributed by atoms with E-state index in [1.165, 1.54) is 25.7 Å². The zero-order valence-corrected chi connectivity index (χ0v) is 70.8. The Morgan fingerprint density at radius 3 is 0.804 bits per heavy atom. The number of esters is 4. The van der Waals surface area contributed by atoms with E-state index in [2.05, 4.69) is 210 Å². The minimum atomic E-state index is -5.03. The molecule has 0 saturated heterocycles. The molecule has 0 aliphatic carbocycles. The van der Waals surface area contributed by atoms with Gasteiger partial charge in [-0.2, -0.15) is 0 Å². The highest BCUT2D eigenvalue weighted by Crippen LogP contribution is 2.45. The first kappa shape index (κ1) is 105.